The molecule has 0 bridgehead atoms. The molecule has 6 nitrogen and oxygen atoms in total. The van der Waals surface area contributed by atoms with Crippen LogP contribution in [-0.4, -0.2) is 28.6 Å². The van der Waals surface area contributed by atoms with Crippen molar-refractivity contribution in [3.8, 4) is 0 Å². The quantitative estimate of drug-likeness (QED) is 0.644. The van der Waals surface area contributed by atoms with Crippen molar-refractivity contribution in [2.45, 2.75) is 33.2 Å². The number of anilines is 1. The third-order valence-corrected chi connectivity index (χ3v) is 3.50. The fraction of sp³-hybridized carbons (Fsp3) is 0.462. The molecule has 20 heavy (non-hydrogen) atoms. The lowest BCUT2D eigenvalue weighted by Gasteiger charge is -2.30. The third kappa shape index (κ3) is 3.60. The van der Waals surface area contributed by atoms with Gasteiger partial charge in [0.15, 0.2) is 0 Å². The molecule has 110 valence electrons. The van der Waals surface area contributed by atoms with Crippen molar-refractivity contribution < 1.29 is 14.8 Å². The van der Waals surface area contributed by atoms with Crippen LogP contribution in [0.5, 0.6) is 0 Å². The standard InChI is InChI=1S/C13H17ClN2O4/c1-4-9(3)15(7-13(17)18)11-6-10(14)12(16(19)20)5-8(11)2/h5-6,9H,4,7H2,1-3H3,(H,17,18). The van der Waals surface area contributed by atoms with Gasteiger partial charge in [-0.25, -0.2) is 0 Å². The monoisotopic (exact) mass is 300 g/mol. The van der Waals surface area contributed by atoms with E-state index in [-0.39, 0.29) is 23.3 Å². The number of nitro groups is 1. The first-order chi connectivity index (χ1) is 9.27. The zero-order valence-corrected chi connectivity index (χ0v) is 12.3. The van der Waals surface area contributed by atoms with Gasteiger partial charge in [-0.05, 0) is 31.9 Å². The van der Waals surface area contributed by atoms with E-state index in [4.69, 9.17) is 16.7 Å². The minimum atomic E-state index is -0.959. The Labute approximate surface area is 122 Å². The van der Waals surface area contributed by atoms with E-state index in [1.807, 2.05) is 13.8 Å². The number of rotatable bonds is 6. The Morgan fingerprint density at radius 1 is 1.55 bits per heavy atom. The Balaban J connectivity index is 3.30. The maximum atomic E-state index is 11.0. The Morgan fingerprint density at radius 3 is 2.60 bits per heavy atom. The number of halogens is 1. The van der Waals surface area contributed by atoms with E-state index in [0.717, 1.165) is 6.42 Å². The summed E-state index contributed by atoms with van der Waals surface area (Å²) >= 11 is 5.91. The molecule has 1 N–H and O–H groups in total. The van der Waals surface area contributed by atoms with Crippen molar-refractivity contribution in [3.63, 3.8) is 0 Å². The molecule has 1 rings (SSSR count). The molecule has 1 atom stereocenters. The maximum absolute atomic E-state index is 11.0. The van der Waals surface area contributed by atoms with E-state index < -0.39 is 10.9 Å². The second-order valence-electron chi connectivity index (χ2n) is 4.63. The van der Waals surface area contributed by atoms with Crippen LogP contribution in [0.1, 0.15) is 25.8 Å². The molecule has 0 amide bonds. The summed E-state index contributed by atoms with van der Waals surface area (Å²) in [5.41, 5.74) is 1.06. The predicted molar refractivity (Wildman–Crippen MR) is 77.6 cm³/mol. The van der Waals surface area contributed by atoms with Gasteiger partial charge >= 0.3 is 5.97 Å². The topological polar surface area (TPSA) is 83.7 Å². The Kier molecular flexibility index (Phi) is 5.33. The molecule has 0 saturated heterocycles. The number of hydrogen-bond donors (Lipinski definition) is 1. The molecule has 0 aromatic heterocycles. The van der Waals surface area contributed by atoms with Crippen molar-refractivity contribution in [1.82, 2.24) is 0 Å². The van der Waals surface area contributed by atoms with Crippen LogP contribution in [0.2, 0.25) is 5.02 Å². The first kappa shape index (κ1) is 16.2. The highest BCUT2D eigenvalue weighted by Gasteiger charge is 2.22. The molecule has 0 fully saturated rings. The van der Waals surface area contributed by atoms with Crippen LogP contribution in [0.4, 0.5) is 11.4 Å². The average Bonchev–Trinajstić information content (AvgIpc) is 2.37. The lowest BCUT2D eigenvalue weighted by Crippen LogP contribution is -2.37. The van der Waals surface area contributed by atoms with E-state index >= 15 is 0 Å². The van der Waals surface area contributed by atoms with Crippen LogP contribution < -0.4 is 4.90 Å². The lowest BCUT2D eigenvalue weighted by molar-refractivity contribution is -0.384. The summed E-state index contributed by atoms with van der Waals surface area (Å²) in [4.78, 5) is 23.0. The maximum Gasteiger partial charge on any atom is 0.323 e. The molecular formula is C13H17ClN2O4. The number of carbonyl (C=O) groups is 1. The number of carboxylic acids is 1. The highest BCUT2D eigenvalue weighted by Crippen LogP contribution is 2.33. The Bertz CT molecular complexity index is 533. The second kappa shape index (κ2) is 6.56. The van der Waals surface area contributed by atoms with Gasteiger partial charge in [0.25, 0.3) is 5.69 Å². The summed E-state index contributed by atoms with van der Waals surface area (Å²) < 4.78 is 0. The number of nitrogens with zero attached hydrogens (tertiary/aromatic N) is 2. The lowest BCUT2D eigenvalue weighted by atomic mass is 10.1. The summed E-state index contributed by atoms with van der Waals surface area (Å²) in [7, 11) is 0. The van der Waals surface area contributed by atoms with Gasteiger partial charge in [0, 0.05) is 17.8 Å². The average molecular weight is 301 g/mol. The van der Waals surface area contributed by atoms with E-state index in [9.17, 15) is 14.9 Å². The highest BCUT2D eigenvalue weighted by molar-refractivity contribution is 6.33. The number of hydrogen-bond acceptors (Lipinski definition) is 4. The third-order valence-electron chi connectivity index (χ3n) is 3.20. The summed E-state index contributed by atoms with van der Waals surface area (Å²) in [5, 5.41) is 19.9. The van der Waals surface area contributed by atoms with Crippen molar-refractivity contribution in [3.05, 3.63) is 32.8 Å². The van der Waals surface area contributed by atoms with Crippen molar-refractivity contribution in [2.75, 3.05) is 11.4 Å². The molecule has 1 unspecified atom stereocenters. The molecule has 0 aliphatic rings. The Morgan fingerprint density at radius 2 is 2.15 bits per heavy atom. The number of carboxylic acid groups (broad SMARTS) is 1. The molecule has 0 heterocycles. The van der Waals surface area contributed by atoms with Gasteiger partial charge in [-0.2, -0.15) is 0 Å². The largest absolute Gasteiger partial charge is 0.480 e. The smallest absolute Gasteiger partial charge is 0.323 e. The molecule has 0 aliphatic heterocycles. The summed E-state index contributed by atoms with van der Waals surface area (Å²) in [6, 6.07) is 2.82. The first-order valence-corrected chi connectivity index (χ1v) is 6.58. The van der Waals surface area contributed by atoms with Gasteiger partial charge in [0.1, 0.15) is 11.6 Å². The van der Waals surface area contributed by atoms with Crippen LogP contribution in [-0.2, 0) is 4.79 Å². The van der Waals surface area contributed by atoms with Crippen LogP contribution in [0.15, 0.2) is 12.1 Å². The van der Waals surface area contributed by atoms with Crippen LogP contribution in [0.3, 0.4) is 0 Å². The SMILES string of the molecule is CCC(C)N(CC(=O)O)c1cc(Cl)c([N+](=O)[O-])cc1C. The van der Waals surface area contributed by atoms with Crippen LogP contribution in [0, 0.1) is 17.0 Å². The van der Waals surface area contributed by atoms with Gasteiger partial charge in [-0.1, -0.05) is 18.5 Å². The minimum absolute atomic E-state index is 0.00860. The van der Waals surface area contributed by atoms with E-state index in [2.05, 4.69) is 0 Å². The summed E-state index contributed by atoms with van der Waals surface area (Å²) in [5.74, 6) is -0.959. The van der Waals surface area contributed by atoms with Gasteiger partial charge in [-0.3, -0.25) is 14.9 Å². The van der Waals surface area contributed by atoms with Gasteiger partial charge in [0.2, 0.25) is 0 Å². The van der Waals surface area contributed by atoms with Crippen molar-refractivity contribution >= 4 is 28.9 Å². The van der Waals surface area contributed by atoms with E-state index in [0.29, 0.717) is 11.3 Å². The van der Waals surface area contributed by atoms with Crippen LogP contribution in [0.25, 0.3) is 0 Å². The zero-order valence-electron chi connectivity index (χ0n) is 11.6. The number of aryl methyl sites for hydroxylation is 1. The second-order valence-corrected chi connectivity index (χ2v) is 5.03. The number of aliphatic carboxylic acids is 1. The number of benzene rings is 1. The summed E-state index contributed by atoms with van der Waals surface area (Å²) in [6.45, 7) is 5.37. The Hall–Kier alpha value is -1.82. The summed E-state index contributed by atoms with van der Waals surface area (Å²) in [6.07, 6.45) is 0.751. The highest BCUT2D eigenvalue weighted by atomic mass is 35.5. The zero-order chi connectivity index (χ0) is 15.4. The van der Waals surface area contributed by atoms with Gasteiger partial charge < -0.3 is 10.0 Å². The number of nitro benzene ring substituents is 1. The predicted octanol–water partition coefficient (Wildman–Crippen LogP) is 3.25. The molecule has 1 aromatic rings. The van der Waals surface area contributed by atoms with Crippen molar-refractivity contribution in [1.29, 1.82) is 0 Å². The fourth-order valence-corrected chi connectivity index (χ4v) is 2.18. The van der Waals surface area contributed by atoms with Gasteiger partial charge in [-0.15, -0.1) is 0 Å². The van der Waals surface area contributed by atoms with Crippen LogP contribution >= 0.6 is 11.6 Å². The van der Waals surface area contributed by atoms with E-state index in [1.54, 1.807) is 11.8 Å². The minimum Gasteiger partial charge on any atom is -0.480 e. The molecule has 0 aliphatic carbocycles. The van der Waals surface area contributed by atoms with E-state index in [1.165, 1.54) is 12.1 Å². The molecule has 0 radical (unpaired) electrons. The molecular weight excluding hydrogens is 284 g/mol. The molecule has 7 heteroatoms. The molecule has 1 aromatic carbocycles. The van der Waals surface area contributed by atoms with Crippen molar-refractivity contribution in [2.24, 2.45) is 0 Å². The fourth-order valence-electron chi connectivity index (χ4n) is 1.95. The van der Waals surface area contributed by atoms with Gasteiger partial charge in [0.05, 0.1) is 4.92 Å². The first-order valence-electron chi connectivity index (χ1n) is 6.20. The normalized spacial score (nSPS) is 12.0. The molecule has 0 saturated carbocycles. The molecule has 0 spiro atoms.